The predicted molar refractivity (Wildman–Crippen MR) is 117 cm³/mol. The number of hydrogen-bond donors (Lipinski definition) is 2. The first-order valence-corrected chi connectivity index (χ1v) is 10.4. The van der Waals surface area contributed by atoms with E-state index >= 15 is 0 Å². The van der Waals surface area contributed by atoms with Gasteiger partial charge in [-0.3, -0.25) is 15.1 Å². The van der Waals surface area contributed by atoms with Gasteiger partial charge in [0.2, 0.25) is 5.95 Å². The van der Waals surface area contributed by atoms with Gasteiger partial charge < -0.3 is 5.32 Å². The van der Waals surface area contributed by atoms with Crippen LogP contribution in [0.1, 0.15) is 26.8 Å². The Hall–Kier alpha value is -3.93. The van der Waals surface area contributed by atoms with E-state index in [9.17, 15) is 18.0 Å². The van der Waals surface area contributed by atoms with E-state index in [0.29, 0.717) is 23.0 Å². The molecule has 0 aliphatic heterocycles. The summed E-state index contributed by atoms with van der Waals surface area (Å²) in [5, 5.41) is 5.71. The molecular formula is C21H16F3N7OS. The second-order valence-corrected chi connectivity index (χ2v) is 7.84. The van der Waals surface area contributed by atoms with E-state index in [-0.39, 0.29) is 21.6 Å². The number of nitrogens with one attached hydrogen (secondary N) is 2. The summed E-state index contributed by atoms with van der Waals surface area (Å²) in [6, 6.07) is 10.0. The molecule has 0 radical (unpaired) electrons. The van der Waals surface area contributed by atoms with Crippen molar-refractivity contribution in [2.24, 2.45) is 0 Å². The van der Waals surface area contributed by atoms with Gasteiger partial charge in [0.15, 0.2) is 11.0 Å². The lowest BCUT2D eigenvalue weighted by atomic mass is 10.2. The number of hydrogen-bond acceptors (Lipinski definition) is 8. The van der Waals surface area contributed by atoms with E-state index in [4.69, 9.17) is 0 Å². The molecule has 1 aromatic carbocycles. The number of benzene rings is 1. The molecule has 0 atom stereocenters. The zero-order chi connectivity index (χ0) is 23.6. The fourth-order valence-electron chi connectivity index (χ4n) is 2.86. The van der Waals surface area contributed by atoms with Crippen molar-refractivity contribution in [2.45, 2.75) is 20.0 Å². The molecule has 0 saturated heterocycles. The monoisotopic (exact) mass is 471 g/mol. The molecule has 33 heavy (non-hydrogen) atoms. The van der Waals surface area contributed by atoms with Crippen LogP contribution in [0.3, 0.4) is 0 Å². The fourth-order valence-corrected chi connectivity index (χ4v) is 3.74. The van der Waals surface area contributed by atoms with Gasteiger partial charge in [-0.05, 0) is 44.2 Å². The minimum atomic E-state index is -4.46. The zero-order valence-corrected chi connectivity index (χ0v) is 18.1. The summed E-state index contributed by atoms with van der Waals surface area (Å²) in [6.07, 6.45) is -2.86. The van der Waals surface area contributed by atoms with Crippen molar-refractivity contribution >= 4 is 34.0 Å². The van der Waals surface area contributed by atoms with Crippen molar-refractivity contribution in [3.8, 4) is 11.5 Å². The standard InChI is InChI=1S/C21H16F3N7OS/c1-11-16(33-20(26-11)29-14-7-5-6-13(10-14)21(22,23)24)18(32)31-19-28-12(2)27-17(30-19)15-8-3-4-9-25-15/h3-10H,1-2H3,(H,26,29)(H,27,28,30,31,32). The number of aromatic nitrogens is 5. The first-order valence-electron chi connectivity index (χ1n) is 9.56. The molecule has 0 fully saturated rings. The average molecular weight is 471 g/mol. The topological polar surface area (TPSA) is 106 Å². The van der Waals surface area contributed by atoms with Crippen LogP contribution in [-0.4, -0.2) is 30.8 Å². The lowest BCUT2D eigenvalue weighted by Gasteiger charge is -2.08. The third kappa shape index (κ3) is 5.29. The van der Waals surface area contributed by atoms with Gasteiger partial charge in [0.25, 0.3) is 5.91 Å². The van der Waals surface area contributed by atoms with Gasteiger partial charge in [-0.15, -0.1) is 0 Å². The molecule has 4 aromatic rings. The summed E-state index contributed by atoms with van der Waals surface area (Å²) in [4.78, 5) is 34.2. The molecular weight excluding hydrogens is 455 g/mol. The second kappa shape index (κ2) is 8.90. The number of halogens is 3. The van der Waals surface area contributed by atoms with E-state index < -0.39 is 17.6 Å². The van der Waals surface area contributed by atoms with E-state index in [2.05, 4.69) is 35.6 Å². The van der Waals surface area contributed by atoms with Crippen LogP contribution in [0.2, 0.25) is 0 Å². The van der Waals surface area contributed by atoms with Crippen LogP contribution in [0.25, 0.3) is 11.5 Å². The molecule has 12 heteroatoms. The highest BCUT2D eigenvalue weighted by Crippen LogP contribution is 2.32. The maximum absolute atomic E-state index is 12.9. The summed E-state index contributed by atoms with van der Waals surface area (Å²) in [6.45, 7) is 3.29. The third-order valence-corrected chi connectivity index (χ3v) is 5.38. The Bertz CT molecular complexity index is 1310. The predicted octanol–water partition coefficient (Wildman–Crippen LogP) is 5.02. The van der Waals surface area contributed by atoms with Gasteiger partial charge in [0.1, 0.15) is 16.4 Å². The van der Waals surface area contributed by atoms with Crippen molar-refractivity contribution in [1.29, 1.82) is 0 Å². The van der Waals surface area contributed by atoms with Crippen LogP contribution in [-0.2, 0) is 6.18 Å². The summed E-state index contributed by atoms with van der Waals surface area (Å²) < 4.78 is 38.8. The molecule has 0 unspecified atom stereocenters. The van der Waals surface area contributed by atoms with Gasteiger partial charge in [-0.1, -0.05) is 23.5 Å². The SMILES string of the molecule is Cc1nc(NC(=O)c2sc(Nc3cccc(C(F)(F)F)c3)nc2C)nc(-c2ccccn2)n1. The van der Waals surface area contributed by atoms with Gasteiger partial charge in [-0.25, -0.2) is 9.97 Å². The van der Waals surface area contributed by atoms with Crippen molar-refractivity contribution in [1.82, 2.24) is 24.9 Å². The Kier molecular flexibility index (Phi) is 6.01. The van der Waals surface area contributed by atoms with E-state index in [1.165, 1.54) is 12.1 Å². The second-order valence-electron chi connectivity index (χ2n) is 6.84. The molecule has 0 spiro atoms. The minimum absolute atomic E-state index is 0.0494. The zero-order valence-electron chi connectivity index (χ0n) is 17.3. The highest BCUT2D eigenvalue weighted by atomic mass is 32.1. The molecule has 0 aliphatic rings. The van der Waals surface area contributed by atoms with Crippen molar-refractivity contribution in [3.05, 3.63) is 70.6 Å². The quantitative estimate of drug-likeness (QED) is 0.421. The van der Waals surface area contributed by atoms with E-state index in [1.54, 1.807) is 38.2 Å². The Morgan fingerprint density at radius 3 is 2.55 bits per heavy atom. The number of amides is 1. The Morgan fingerprint density at radius 2 is 1.82 bits per heavy atom. The lowest BCUT2D eigenvalue weighted by molar-refractivity contribution is -0.137. The highest BCUT2D eigenvalue weighted by molar-refractivity contribution is 7.17. The van der Waals surface area contributed by atoms with Crippen LogP contribution < -0.4 is 10.6 Å². The van der Waals surface area contributed by atoms with Crippen LogP contribution in [0, 0.1) is 13.8 Å². The number of nitrogens with zero attached hydrogens (tertiary/aromatic N) is 5. The molecule has 1 amide bonds. The Morgan fingerprint density at radius 1 is 1.00 bits per heavy atom. The number of thiazole rings is 1. The van der Waals surface area contributed by atoms with Crippen LogP contribution in [0.4, 0.5) is 29.9 Å². The molecule has 3 heterocycles. The number of carbonyl (C=O) groups excluding carboxylic acids is 1. The lowest BCUT2D eigenvalue weighted by Crippen LogP contribution is -2.15. The largest absolute Gasteiger partial charge is 0.416 e. The van der Waals surface area contributed by atoms with Crippen LogP contribution in [0.15, 0.2) is 48.7 Å². The first-order chi connectivity index (χ1) is 15.7. The summed E-state index contributed by atoms with van der Waals surface area (Å²) in [7, 11) is 0. The normalized spacial score (nSPS) is 11.3. The number of rotatable bonds is 5. The van der Waals surface area contributed by atoms with Crippen LogP contribution in [0.5, 0.6) is 0 Å². The van der Waals surface area contributed by atoms with Gasteiger partial charge in [0.05, 0.1) is 11.3 Å². The van der Waals surface area contributed by atoms with Gasteiger partial charge in [-0.2, -0.15) is 23.1 Å². The number of alkyl halides is 3. The Labute approximate surface area is 190 Å². The molecule has 2 N–H and O–H groups in total. The van der Waals surface area contributed by atoms with E-state index in [1.807, 2.05) is 0 Å². The van der Waals surface area contributed by atoms with Crippen molar-refractivity contribution in [3.63, 3.8) is 0 Å². The minimum Gasteiger partial charge on any atom is -0.332 e. The molecule has 168 valence electrons. The molecule has 0 aliphatic carbocycles. The van der Waals surface area contributed by atoms with E-state index in [0.717, 1.165) is 23.5 Å². The van der Waals surface area contributed by atoms with Crippen LogP contribution >= 0.6 is 11.3 Å². The molecule has 3 aromatic heterocycles. The maximum Gasteiger partial charge on any atom is 0.416 e. The molecule has 0 saturated carbocycles. The molecule has 8 nitrogen and oxygen atoms in total. The summed E-state index contributed by atoms with van der Waals surface area (Å²) >= 11 is 1.00. The average Bonchev–Trinajstić information content (AvgIpc) is 3.13. The first kappa shape index (κ1) is 22.3. The molecule has 4 rings (SSSR count). The smallest absolute Gasteiger partial charge is 0.332 e. The maximum atomic E-state index is 12.9. The highest BCUT2D eigenvalue weighted by Gasteiger charge is 2.30. The number of carbonyl (C=O) groups is 1. The van der Waals surface area contributed by atoms with Gasteiger partial charge in [0, 0.05) is 11.9 Å². The molecule has 0 bridgehead atoms. The van der Waals surface area contributed by atoms with Gasteiger partial charge >= 0.3 is 6.18 Å². The number of anilines is 3. The fraction of sp³-hybridized carbons (Fsp3) is 0.143. The number of pyridine rings is 1. The number of aryl methyl sites for hydroxylation is 2. The third-order valence-electron chi connectivity index (χ3n) is 4.31. The summed E-state index contributed by atoms with van der Waals surface area (Å²) in [5.74, 6) is 0.258. The van der Waals surface area contributed by atoms with Crippen molar-refractivity contribution < 1.29 is 18.0 Å². The Balaban J connectivity index is 1.53. The van der Waals surface area contributed by atoms with Crippen molar-refractivity contribution in [2.75, 3.05) is 10.6 Å². The summed E-state index contributed by atoms with van der Waals surface area (Å²) in [5.41, 5.74) is 0.356.